The van der Waals surface area contributed by atoms with Crippen LogP contribution < -0.4 is 5.84 Å². The number of hydrogen-bond acceptors (Lipinski definition) is 6. The topological polar surface area (TPSA) is 94.8 Å². The predicted octanol–water partition coefficient (Wildman–Crippen LogP) is 4.05. The molecule has 0 saturated heterocycles. The summed E-state index contributed by atoms with van der Waals surface area (Å²) in [6, 6.07) is 16.8. The van der Waals surface area contributed by atoms with E-state index in [1.165, 1.54) is 11.8 Å². The number of amidine groups is 2. The minimum Gasteiger partial charge on any atom is -0.321 e. The second kappa shape index (κ2) is 9.20. The smallest absolute Gasteiger partial charge is 0.230 e. The van der Waals surface area contributed by atoms with E-state index in [0.717, 1.165) is 18.4 Å². The molecule has 2 N–H and O–H groups in total. The van der Waals surface area contributed by atoms with Crippen molar-refractivity contribution in [2.75, 3.05) is 6.54 Å². The van der Waals surface area contributed by atoms with Crippen LogP contribution in [-0.2, 0) is 5.75 Å². The molecule has 0 saturated carbocycles. The van der Waals surface area contributed by atoms with E-state index < -0.39 is 0 Å². The molecule has 0 spiro atoms. The molecule has 0 aromatic heterocycles. The van der Waals surface area contributed by atoms with Crippen LogP contribution in [0, 0.1) is 11.3 Å². The van der Waals surface area contributed by atoms with Gasteiger partial charge in [0, 0.05) is 12.3 Å². The van der Waals surface area contributed by atoms with Gasteiger partial charge in [-0.1, -0.05) is 49.4 Å². The number of rotatable bonds is 5. The van der Waals surface area contributed by atoms with Gasteiger partial charge in [0.25, 0.3) is 0 Å². The minimum absolute atomic E-state index is 0.105. The van der Waals surface area contributed by atoms with E-state index in [1.54, 1.807) is 18.2 Å². The van der Waals surface area contributed by atoms with Gasteiger partial charge in [0.1, 0.15) is 0 Å². The molecular formula is C21H21N5OS. The van der Waals surface area contributed by atoms with Crippen LogP contribution in [-0.4, -0.2) is 28.2 Å². The highest BCUT2D eigenvalue weighted by Gasteiger charge is 2.31. The molecule has 0 aliphatic carbocycles. The molecule has 2 aromatic rings. The van der Waals surface area contributed by atoms with Gasteiger partial charge in [-0.05, 0) is 36.2 Å². The van der Waals surface area contributed by atoms with Crippen molar-refractivity contribution in [3.63, 3.8) is 0 Å². The van der Waals surface area contributed by atoms with Gasteiger partial charge in [0.2, 0.25) is 5.78 Å². The number of thioether (sulfide) groups is 1. The Kier molecular flexibility index (Phi) is 6.45. The quantitative estimate of drug-likeness (QED) is 0.359. The summed E-state index contributed by atoms with van der Waals surface area (Å²) in [7, 11) is 0. The summed E-state index contributed by atoms with van der Waals surface area (Å²) in [5, 5.41) is 13.4. The normalized spacial score (nSPS) is 13.1. The fourth-order valence-electron chi connectivity index (χ4n) is 2.85. The lowest BCUT2D eigenvalue weighted by Crippen LogP contribution is -2.40. The van der Waals surface area contributed by atoms with Gasteiger partial charge in [0.05, 0.1) is 22.9 Å². The predicted molar refractivity (Wildman–Crippen MR) is 114 cm³/mol. The maximum absolute atomic E-state index is 12.9. The molecule has 0 fully saturated rings. The Balaban J connectivity index is 1.80. The molecule has 1 aliphatic rings. The van der Waals surface area contributed by atoms with Crippen molar-refractivity contribution in [3.05, 3.63) is 65.2 Å². The van der Waals surface area contributed by atoms with E-state index >= 15 is 0 Å². The number of nitrogens with zero attached hydrogens (tertiary/aromatic N) is 4. The van der Waals surface area contributed by atoms with Gasteiger partial charge in [-0.15, -0.1) is 0 Å². The Hall–Kier alpha value is -3.11. The highest BCUT2D eigenvalue weighted by atomic mass is 32.2. The molecule has 28 heavy (non-hydrogen) atoms. The van der Waals surface area contributed by atoms with E-state index in [1.807, 2.05) is 35.2 Å². The molecule has 0 bridgehead atoms. The van der Waals surface area contributed by atoms with E-state index in [2.05, 4.69) is 23.1 Å². The first-order chi connectivity index (χ1) is 13.7. The van der Waals surface area contributed by atoms with Crippen LogP contribution in [0.3, 0.4) is 0 Å². The number of Topliss-reactive ketones (excluding diaryl/α,β-unsaturated/α-hetero) is 1. The van der Waals surface area contributed by atoms with Crippen LogP contribution in [0.2, 0.25) is 0 Å². The summed E-state index contributed by atoms with van der Waals surface area (Å²) in [4.78, 5) is 19.2. The van der Waals surface area contributed by atoms with Gasteiger partial charge in [-0.25, -0.2) is 4.99 Å². The van der Waals surface area contributed by atoms with Gasteiger partial charge in [-0.2, -0.15) is 10.4 Å². The number of fused-ring (bicyclic) bond motifs is 1. The summed E-state index contributed by atoms with van der Waals surface area (Å²) in [5.74, 6) is 6.58. The first-order valence-corrected chi connectivity index (χ1v) is 10.1. The van der Waals surface area contributed by atoms with Gasteiger partial charge < -0.3 is 10.7 Å². The molecule has 6 nitrogen and oxygen atoms in total. The molecule has 2 aromatic carbocycles. The number of ketones is 1. The number of para-hydroxylation sites is 1. The Morgan fingerprint density at radius 2 is 2.00 bits per heavy atom. The van der Waals surface area contributed by atoms with Crippen molar-refractivity contribution in [1.29, 1.82) is 5.26 Å². The van der Waals surface area contributed by atoms with E-state index in [0.29, 0.717) is 40.1 Å². The number of unbranched alkanes of at least 4 members (excludes halogenated alkanes) is 1. The van der Waals surface area contributed by atoms with E-state index in [-0.39, 0.29) is 5.78 Å². The number of nitriles is 1. The second-order valence-electron chi connectivity index (χ2n) is 6.30. The third-order valence-corrected chi connectivity index (χ3v) is 5.42. The second-order valence-corrected chi connectivity index (χ2v) is 7.24. The van der Waals surface area contributed by atoms with Crippen LogP contribution in [0.15, 0.2) is 58.6 Å². The third kappa shape index (κ3) is 4.24. The Morgan fingerprint density at radius 3 is 2.64 bits per heavy atom. The van der Waals surface area contributed by atoms with Crippen molar-refractivity contribution < 1.29 is 4.79 Å². The third-order valence-electron chi connectivity index (χ3n) is 4.36. The number of aliphatic imine (C=N–C) groups is 1. The molecule has 7 heteroatoms. The Bertz CT molecular complexity index is 960. The lowest BCUT2D eigenvalue weighted by Gasteiger charge is -2.24. The Labute approximate surface area is 168 Å². The maximum Gasteiger partial charge on any atom is 0.230 e. The molecule has 3 rings (SSSR count). The molecule has 0 unspecified atom stereocenters. The Morgan fingerprint density at radius 1 is 1.25 bits per heavy atom. The summed E-state index contributed by atoms with van der Waals surface area (Å²) in [6.07, 6.45) is 1.86. The van der Waals surface area contributed by atoms with Crippen LogP contribution in [0.5, 0.6) is 0 Å². The summed E-state index contributed by atoms with van der Waals surface area (Å²) in [6.45, 7) is 2.71. The van der Waals surface area contributed by atoms with Gasteiger partial charge >= 0.3 is 0 Å². The molecule has 0 atom stereocenters. The number of carbonyl (C=O) groups is 1. The highest BCUT2D eigenvalue weighted by Crippen LogP contribution is 2.29. The zero-order valence-corrected chi connectivity index (χ0v) is 16.4. The van der Waals surface area contributed by atoms with Crippen molar-refractivity contribution in [2.24, 2.45) is 15.9 Å². The summed E-state index contributed by atoms with van der Waals surface area (Å²) < 4.78 is 0. The zero-order valence-electron chi connectivity index (χ0n) is 15.6. The number of hydrazone groups is 1. The lowest BCUT2D eigenvalue weighted by molar-refractivity contribution is 0.106. The van der Waals surface area contributed by atoms with Crippen molar-refractivity contribution in [3.8, 4) is 6.07 Å². The monoisotopic (exact) mass is 391 g/mol. The minimum atomic E-state index is -0.105. The first kappa shape index (κ1) is 19.6. The summed E-state index contributed by atoms with van der Waals surface area (Å²) >= 11 is 1.45. The SMILES string of the molecule is CCCCN(C1=Nc2ccccc2C1=O)/C(=N/N)SCc1ccc(C#N)cc1. The molecule has 0 radical (unpaired) electrons. The standard InChI is InChI=1S/C21H21N5OS/c1-2-3-12-26(20-19(27)17-6-4-5-7-18(17)24-20)21(25-23)28-14-16-10-8-15(13-22)9-11-16/h4-11H,2-3,12,14,23H2,1H3/b25-21-. The van der Waals surface area contributed by atoms with Crippen LogP contribution in [0.4, 0.5) is 5.69 Å². The molecule has 142 valence electrons. The molecule has 0 amide bonds. The van der Waals surface area contributed by atoms with Crippen LogP contribution in [0.25, 0.3) is 0 Å². The van der Waals surface area contributed by atoms with Crippen LogP contribution in [0.1, 0.15) is 41.3 Å². The number of hydrogen-bond donors (Lipinski definition) is 1. The van der Waals surface area contributed by atoms with Crippen LogP contribution >= 0.6 is 11.8 Å². The van der Waals surface area contributed by atoms with Gasteiger partial charge in [-0.3, -0.25) is 4.79 Å². The van der Waals surface area contributed by atoms with Gasteiger partial charge in [0.15, 0.2) is 11.0 Å². The number of carbonyl (C=O) groups excluding carboxylic acids is 1. The molecule has 1 heterocycles. The fourth-order valence-corrected chi connectivity index (χ4v) is 3.74. The lowest BCUT2D eigenvalue weighted by atomic mass is 10.1. The zero-order chi connectivity index (χ0) is 19.9. The fraction of sp³-hybridized carbons (Fsp3) is 0.238. The average Bonchev–Trinajstić information content (AvgIpc) is 3.07. The summed E-state index contributed by atoms with van der Waals surface area (Å²) in [5.41, 5.74) is 2.95. The van der Waals surface area contributed by atoms with Crippen molar-refractivity contribution >= 4 is 34.2 Å². The molecular weight excluding hydrogens is 370 g/mol. The largest absolute Gasteiger partial charge is 0.321 e. The average molecular weight is 392 g/mol. The molecule has 1 aliphatic heterocycles. The number of nitrogens with two attached hydrogens (primary N) is 1. The maximum atomic E-state index is 12.9. The first-order valence-electron chi connectivity index (χ1n) is 9.07. The van der Waals surface area contributed by atoms with Crippen molar-refractivity contribution in [2.45, 2.75) is 25.5 Å². The van der Waals surface area contributed by atoms with E-state index in [9.17, 15) is 4.79 Å². The highest BCUT2D eigenvalue weighted by molar-refractivity contribution is 8.13. The van der Waals surface area contributed by atoms with E-state index in [4.69, 9.17) is 11.1 Å². The number of benzene rings is 2. The van der Waals surface area contributed by atoms with Crippen molar-refractivity contribution in [1.82, 2.24) is 4.90 Å².